The van der Waals surface area contributed by atoms with Gasteiger partial charge in [-0.15, -0.1) is 0 Å². The molecule has 0 atom stereocenters. The van der Waals surface area contributed by atoms with E-state index in [1.54, 1.807) is 27.7 Å². The third kappa shape index (κ3) is 9.12. The van der Waals surface area contributed by atoms with Crippen molar-refractivity contribution >= 4 is 47.1 Å². The minimum Gasteiger partial charge on any atom is -0.469 e. The van der Waals surface area contributed by atoms with Crippen LogP contribution in [0.5, 0.6) is 0 Å². The van der Waals surface area contributed by atoms with Gasteiger partial charge in [0.1, 0.15) is 11.6 Å². The topological polar surface area (TPSA) is 137 Å². The van der Waals surface area contributed by atoms with Gasteiger partial charge >= 0.3 is 23.9 Å². The smallest absolute Gasteiger partial charge is 0.340 e. The molecule has 2 aliphatic heterocycles. The van der Waals surface area contributed by atoms with E-state index in [9.17, 15) is 19.2 Å². The first kappa shape index (κ1) is 37.5. The number of halogens is 1. The van der Waals surface area contributed by atoms with Gasteiger partial charge in [-0.2, -0.15) is 0 Å². The minimum atomic E-state index is -0.405. The van der Waals surface area contributed by atoms with Crippen molar-refractivity contribution in [1.82, 2.24) is 9.97 Å². The first-order valence-electron chi connectivity index (χ1n) is 16.0. The third-order valence-electron chi connectivity index (χ3n) is 8.56. The number of rotatable bonds is 8. The fourth-order valence-electron chi connectivity index (χ4n) is 6.02. The molecule has 2 saturated heterocycles. The van der Waals surface area contributed by atoms with Gasteiger partial charge in [-0.1, -0.05) is 11.6 Å². The largest absolute Gasteiger partial charge is 0.469 e. The molecule has 2 aromatic rings. The number of esters is 4. The molecular formula is C34H47ClN4O8. The van der Waals surface area contributed by atoms with Crippen LogP contribution in [0.3, 0.4) is 0 Å². The Morgan fingerprint density at radius 1 is 0.745 bits per heavy atom. The van der Waals surface area contributed by atoms with Gasteiger partial charge in [-0.05, 0) is 84.4 Å². The molecule has 0 unspecified atom stereocenters. The molecule has 4 heterocycles. The zero-order valence-corrected chi connectivity index (χ0v) is 29.5. The Morgan fingerprint density at radius 3 is 1.64 bits per heavy atom. The van der Waals surface area contributed by atoms with Gasteiger partial charge in [0.2, 0.25) is 0 Å². The molecule has 13 heteroatoms. The summed E-state index contributed by atoms with van der Waals surface area (Å²) in [6, 6.07) is 1.91. The van der Waals surface area contributed by atoms with E-state index in [0.29, 0.717) is 78.1 Å². The number of carbonyl (C=O) groups is 4. The van der Waals surface area contributed by atoms with Crippen LogP contribution in [0.25, 0.3) is 0 Å². The Balaban J connectivity index is 0.000000256. The number of methoxy groups -OCH3 is 2. The van der Waals surface area contributed by atoms with Crippen LogP contribution < -0.4 is 9.80 Å². The maximum Gasteiger partial charge on any atom is 0.340 e. The number of nitrogens with zero attached hydrogens (tertiary/aromatic N) is 4. The normalized spacial score (nSPS) is 15.3. The summed E-state index contributed by atoms with van der Waals surface area (Å²) < 4.78 is 19.8. The zero-order valence-electron chi connectivity index (χ0n) is 28.7. The van der Waals surface area contributed by atoms with Gasteiger partial charge in [0.15, 0.2) is 0 Å². The second kappa shape index (κ2) is 17.3. The number of hydrogen-bond donors (Lipinski definition) is 0. The lowest BCUT2D eigenvalue weighted by molar-refractivity contribution is -0.146. The number of pyridine rings is 2. The van der Waals surface area contributed by atoms with Crippen LogP contribution in [0, 0.1) is 39.5 Å². The van der Waals surface area contributed by atoms with Crippen molar-refractivity contribution in [2.75, 3.05) is 63.4 Å². The lowest BCUT2D eigenvalue weighted by Crippen LogP contribution is -2.37. The predicted molar refractivity (Wildman–Crippen MR) is 178 cm³/mol. The Bertz CT molecular complexity index is 1430. The van der Waals surface area contributed by atoms with Crippen molar-refractivity contribution in [2.24, 2.45) is 11.8 Å². The Hall–Kier alpha value is -3.93. The second-order valence-corrected chi connectivity index (χ2v) is 12.0. The molecule has 2 fully saturated rings. The van der Waals surface area contributed by atoms with E-state index in [2.05, 4.69) is 19.8 Å². The summed E-state index contributed by atoms with van der Waals surface area (Å²) in [5.41, 5.74) is 3.78. The quantitative estimate of drug-likeness (QED) is 0.269. The molecular weight excluding hydrogens is 628 g/mol. The van der Waals surface area contributed by atoms with Gasteiger partial charge in [-0.25, -0.2) is 19.6 Å². The van der Waals surface area contributed by atoms with Crippen molar-refractivity contribution in [3.05, 3.63) is 44.7 Å². The van der Waals surface area contributed by atoms with Crippen molar-refractivity contribution in [1.29, 1.82) is 0 Å². The molecule has 2 aromatic heterocycles. The number of anilines is 2. The van der Waals surface area contributed by atoms with Crippen molar-refractivity contribution in [3.63, 3.8) is 0 Å². The zero-order chi connectivity index (χ0) is 34.8. The summed E-state index contributed by atoms with van der Waals surface area (Å²) in [6.45, 7) is 14.3. The second-order valence-electron chi connectivity index (χ2n) is 11.6. The van der Waals surface area contributed by atoms with Crippen LogP contribution in [0.15, 0.2) is 6.07 Å². The Kier molecular flexibility index (Phi) is 13.8. The lowest BCUT2D eigenvalue weighted by atomic mass is 9.97. The van der Waals surface area contributed by atoms with Crippen LogP contribution in [0.4, 0.5) is 11.6 Å². The Labute approximate surface area is 282 Å². The third-order valence-corrected chi connectivity index (χ3v) is 9.01. The van der Waals surface area contributed by atoms with Gasteiger partial charge in [0.05, 0.1) is 66.8 Å². The van der Waals surface area contributed by atoms with Gasteiger partial charge in [-0.3, -0.25) is 9.59 Å². The Morgan fingerprint density at radius 2 is 1.19 bits per heavy atom. The highest BCUT2D eigenvalue weighted by atomic mass is 35.5. The van der Waals surface area contributed by atoms with E-state index in [1.165, 1.54) is 14.2 Å². The van der Waals surface area contributed by atoms with E-state index in [4.69, 9.17) is 30.5 Å². The number of aromatic nitrogens is 2. The molecule has 12 nitrogen and oxygen atoms in total. The van der Waals surface area contributed by atoms with Crippen molar-refractivity contribution in [2.45, 2.75) is 67.2 Å². The summed E-state index contributed by atoms with van der Waals surface area (Å²) in [4.78, 5) is 60.6. The molecule has 0 radical (unpaired) electrons. The molecule has 4 rings (SSSR count). The highest BCUT2D eigenvalue weighted by Crippen LogP contribution is 2.34. The number of aryl methyl sites for hydroxylation is 3. The lowest BCUT2D eigenvalue weighted by Gasteiger charge is -2.32. The average Bonchev–Trinajstić information content (AvgIpc) is 3.06. The van der Waals surface area contributed by atoms with E-state index < -0.39 is 5.97 Å². The van der Waals surface area contributed by atoms with Crippen LogP contribution in [0.2, 0.25) is 5.02 Å². The number of ether oxygens (including phenoxy) is 4. The van der Waals surface area contributed by atoms with Crippen LogP contribution >= 0.6 is 11.6 Å². The molecule has 258 valence electrons. The van der Waals surface area contributed by atoms with Gasteiger partial charge in [0, 0.05) is 26.2 Å². The SMILES string of the molecule is CCOC(=O)c1c(C)cc(N2CCC(C(=O)OC)CC2)nc1C.CCOC(=O)c1c(C)nc(N2CCC(C(=O)OC)CC2)c(Cl)c1C. The van der Waals surface area contributed by atoms with Crippen LogP contribution in [-0.4, -0.2) is 87.5 Å². The maximum atomic E-state index is 12.1. The molecule has 2 aliphatic rings. The standard InChI is InChI=1S/C17H23ClN2O4.C17H24N2O4/c1-5-24-17(22)13-10(2)14(18)15(19-11(13)3)20-8-6-12(7-9-20)16(21)23-4;1-5-23-17(21)15-11(2)10-14(18-12(15)3)19-8-6-13(7-9-19)16(20)22-4/h12H,5-9H2,1-4H3;10,13H,5-9H2,1-4H3. The fourth-order valence-corrected chi connectivity index (χ4v) is 6.27. The molecule has 0 amide bonds. The molecule has 0 aromatic carbocycles. The minimum absolute atomic E-state index is 0.0303. The molecule has 0 aliphatic carbocycles. The maximum absolute atomic E-state index is 12.1. The van der Waals surface area contributed by atoms with E-state index in [1.807, 2.05) is 19.9 Å². The summed E-state index contributed by atoms with van der Waals surface area (Å²) in [7, 11) is 2.84. The van der Waals surface area contributed by atoms with Gasteiger partial charge in [0.25, 0.3) is 0 Å². The molecule has 0 bridgehead atoms. The number of hydrogen-bond acceptors (Lipinski definition) is 12. The molecule has 0 saturated carbocycles. The monoisotopic (exact) mass is 674 g/mol. The first-order valence-corrected chi connectivity index (χ1v) is 16.4. The highest BCUT2D eigenvalue weighted by Gasteiger charge is 2.30. The van der Waals surface area contributed by atoms with Crippen LogP contribution in [-0.2, 0) is 28.5 Å². The van der Waals surface area contributed by atoms with Crippen molar-refractivity contribution in [3.8, 4) is 0 Å². The summed E-state index contributed by atoms with van der Waals surface area (Å²) in [6.07, 6.45) is 2.91. The summed E-state index contributed by atoms with van der Waals surface area (Å²) in [5, 5.41) is 0.458. The first-order chi connectivity index (χ1) is 22.4. The molecule has 0 spiro atoms. The highest BCUT2D eigenvalue weighted by molar-refractivity contribution is 6.34. The van der Waals surface area contributed by atoms with E-state index in [-0.39, 0.29) is 29.7 Å². The average molecular weight is 675 g/mol. The molecule has 47 heavy (non-hydrogen) atoms. The predicted octanol–water partition coefficient (Wildman–Crippen LogP) is 5.18. The van der Waals surface area contributed by atoms with Crippen LogP contribution in [0.1, 0.15) is 82.8 Å². The fraction of sp³-hybridized carbons (Fsp3) is 0.588. The van der Waals surface area contributed by atoms with Gasteiger partial charge < -0.3 is 28.7 Å². The van der Waals surface area contributed by atoms with E-state index in [0.717, 1.165) is 37.3 Å². The van der Waals surface area contributed by atoms with Crippen molar-refractivity contribution < 1.29 is 38.1 Å². The number of piperidine rings is 2. The summed E-state index contributed by atoms with van der Waals surface area (Å²) >= 11 is 6.47. The number of carbonyl (C=O) groups excluding carboxylic acids is 4. The van der Waals surface area contributed by atoms with E-state index >= 15 is 0 Å². The molecule has 0 N–H and O–H groups in total. The summed E-state index contributed by atoms with van der Waals surface area (Å²) in [5.74, 6) is 0.354.